The Kier molecular flexibility index (Phi) is 22.4. The molecule has 1 aliphatic rings. The van der Waals surface area contributed by atoms with E-state index in [1.807, 2.05) is 12.3 Å². The Hall–Kier alpha value is -2.57. The lowest BCUT2D eigenvalue weighted by atomic mass is 9.71. The second-order valence-corrected chi connectivity index (χ2v) is 18.7. The van der Waals surface area contributed by atoms with Gasteiger partial charge in [0.1, 0.15) is 42.5 Å². The van der Waals surface area contributed by atoms with Gasteiger partial charge in [-0.25, -0.2) is 4.79 Å². The van der Waals surface area contributed by atoms with Crippen LogP contribution in [0.4, 0.5) is 0 Å². The van der Waals surface area contributed by atoms with E-state index in [0.29, 0.717) is 43.7 Å². The Morgan fingerprint density at radius 3 is 2.55 bits per heavy atom. The van der Waals surface area contributed by atoms with Crippen LogP contribution in [0.15, 0.2) is 54.6 Å². The average Bonchev–Trinajstić information content (AvgIpc) is 3.57. The molecule has 13 nitrogen and oxygen atoms in total. The van der Waals surface area contributed by atoms with Crippen molar-refractivity contribution in [3.8, 4) is 17.5 Å². The van der Waals surface area contributed by atoms with Gasteiger partial charge in [-0.2, -0.15) is 5.82 Å². The van der Waals surface area contributed by atoms with Crippen LogP contribution >= 0.6 is 43.2 Å². The zero-order valence-corrected chi connectivity index (χ0v) is 35.0. The number of nitrogens with two attached hydrogens (primary N) is 1. The third-order valence-corrected chi connectivity index (χ3v) is 12.6. The molecule has 3 rings (SSSR count). The standard InChI is InChI=1S/C37H52BN3O10S4/c1-37(2,3)55-54-33(24-48-28-13-8-12-27(20-28)35(44)41-17-15-39)47-19-18-46-23-32(43)40-16-9-14-38-31-21-29(30(22-42)50-31)51-34(53-52-4)25-49-36(45)26-10-6-5-7-11-26/h5-8,10-13,20,29-31,33-34,38,42H,15-19,21-25,39H2,1-4H3,(H,40,43)(H,41,44)/t29-,30?,31-,33?,34+/m1/s1. The normalized spacial score (nSPS) is 17.7. The van der Waals surface area contributed by atoms with Crippen molar-refractivity contribution < 1.29 is 47.9 Å². The number of carbonyl (C=O) groups is 3. The molecule has 5 N–H and O–H groups in total. The first-order chi connectivity index (χ1) is 26.5. The first-order valence-corrected chi connectivity index (χ1v) is 22.7. The number of benzene rings is 2. The van der Waals surface area contributed by atoms with Gasteiger partial charge < -0.3 is 49.9 Å². The van der Waals surface area contributed by atoms with Crippen LogP contribution in [-0.2, 0) is 28.5 Å². The Balaban J connectivity index is 1.34. The number of ether oxygens (including phenoxy) is 6. The summed E-state index contributed by atoms with van der Waals surface area (Å²) in [6.45, 7) is 7.59. The van der Waals surface area contributed by atoms with Crippen LogP contribution in [0.25, 0.3) is 0 Å². The number of carbonyl (C=O) groups excluding carboxylic acids is 3. The van der Waals surface area contributed by atoms with Gasteiger partial charge in [-0.3, -0.25) is 9.59 Å². The van der Waals surface area contributed by atoms with E-state index in [2.05, 4.69) is 43.1 Å². The monoisotopic (exact) mass is 837 g/mol. The summed E-state index contributed by atoms with van der Waals surface area (Å²) in [4.78, 5) is 37.0. The van der Waals surface area contributed by atoms with Gasteiger partial charge >= 0.3 is 5.97 Å². The molecule has 1 aliphatic heterocycles. The molecule has 0 aliphatic carbocycles. The summed E-state index contributed by atoms with van der Waals surface area (Å²) in [6.07, 6.45) is 1.50. The molecule has 0 bridgehead atoms. The predicted octanol–water partition coefficient (Wildman–Crippen LogP) is 3.49. The summed E-state index contributed by atoms with van der Waals surface area (Å²) in [5, 5.41) is 15.4. The molecule has 2 aromatic carbocycles. The predicted molar refractivity (Wildman–Crippen MR) is 224 cm³/mol. The summed E-state index contributed by atoms with van der Waals surface area (Å²) >= 11 is 0. The molecule has 2 unspecified atom stereocenters. The molecule has 1 saturated heterocycles. The van der Waals surface area contributed by atoms with Gasteiger partial charge in [0.25, 0.3) is 5.91 Å². The van der Waals surface area contributed by atoms with E-state index < -0.39 is 23.6 Å². The molecule has 302 valence electrons. The molecule has 2 aromatic rings. The fourth-order valence-electron chi connectivity index (χ4n) is 4.76. The van der Waals surface area contributed by atoms with Crippen molar-refractivity contribution in [3.63, 3.8) is 0 Å². The molecule has 2 amide bonds. The van der Waals surface area contributed by atoms with Crippen molar-refractivity contribution in [2.24, 2.45) is 5.73 Å². The third kappa shape index (κ3) is 19.4. The van der Waals surface area contributed by atoms with Crippen LogP contribution in [0.1, 0.15) is 47.9 Å². The molecule has 0 radical (unpaired) electrons. The SMILES string of the molecule is CSS[C@@H](COC(=O)c1ccccc1)O[C@@H]1C[C@H](BC#CCNC(=O)COCCOC(COc2cccc(C(=O)NCCN)c2)SSC(C)(C)C)OC1CO. The van der Waals surface area contributed by atoms with E-state index in [0.717, 1.165) is 0 Å². The van der Waals surface area contributed by atoms with Crippen LogP contribution in [0.3, 0.4) is 0 Å². The van der Waals surface area contributed by atoms with E-state index in [4.69, 9.17) is 34.2 Å². The highest BCUT2D eigenvalue weighted by Crippen LogP contribution is 2.38. The van der Waals surface area contributed by atoms with Crippen LogP contribution in [-0.4, -0.2) is 130 Å². The minimum atomic E-state index is -0.528. The molecular weight excluding hydrogens is 785 g/mol. The van der Waals surface area contributed by atoms with E-state index in [1.54, 1.807) is 70.1 Å². The van der Waals surface area contributed by atoms with Crippen molar-refractivity contribution in [3.05, 3.63) is 65.7 Å². The molecule has 0 aromatic heterocycles. The number of hydrogen-bond donors (Lipinski definition) is 4. The zero-order chi connectivity index (χ0) is 39.9. The molecule has 1 fully saturated rings. The van der Waals surface area contributed by atoms with Gasteiger partial charge in [0.05, 0.1) is 38.0 Å². The van der Waals surface area contributed by atoms with Gasteiger partial charge in [-0.1, -0.05) is 94.1 Å². The largest absolute Gasteiger partial charge is 0.490 e. The minimum absolute atomic E-state index is 0.00769. The number of rotatable bonds is 24. The molecular formula is C37H52BN3O10S4. The maximum absolute atomic E-state index is 12.4. The summed E-state index contributed by atoms with van der Waals surface area (Å²) in [7, 11) is 6.54. The zero-order valence-electron chi connectivity index (χ0n) is 31.7. The van der Waals surface area contributed by atoms with Crippen molar-refractivity contribution in [1.82, 2.24) is 10.6 Å². The molecule has 55 heavy (non-hydrogen) atoms. The van der Waals surface area contributed by atoms with Crippen molar-refractivity contribution in [2.45, 2.75) is 61.0 Å². The summed E-state index contributed by atoms with van der Waals surface area (Å²) in [5.74, 6) is 5.55. The molecule has 0 saturated carbocycles. The molecule has 18 heteroatoms. The van der Waals surface area contributed by atoms with Crippen LogP contribution in [0.5, 0.6) is 5.75 Å². The molecule has 1 heterocycles. The van der Waals surface area contributed by atoms with Gasteiger partial charge in [0, 0.05) is 29.4 Å². The molecule has 0 spiro atoms. The van der Waals surface area contributed by atoms with E-state index in [1.165, 1.54) is 21.6 Å². The average molecular weight is 838 g/mol. The van der Waals surface area contributed by atoms with E-state index in [9.17, 15) is 19.5 Å². The Bertz CT molecular complexity index is 1520. The van der Waals surface area contributed by atoms with Crippen molar-refractivity contribution in [1.29, 1.82) is 0 Å². The fourth-order valence-corrected chi connectivity index (χ4v) is 8.42. The Morgan fingerprint density at radius 1 is 1.04 bits per heavy atom. The second kappa shape index (κ2) is 26.4. The third-order valence-electron chi connectivity index (χ3n) is 7.26. The first kappa shape index (κ1) is 46.8. The Labute approximate surface area is 340 Å². The van der Waals surface area contributed by atoms with Gasteiger partial charge in [0.2, 0.25) is 13.2 Å². The molecule has 5 atom stereocenters. The fraction of sp³-hybridized carbons (Fsp3) is 0.541. The van der Waals surface area contributed by atoms with Crippen LogP contribution < -0.4 is 21.1 Å². The quantitative estimate of drug-likeness (QED) is 0.0302. The van der Waals surface area contributed by atoms with Gasteiger partial charge in [-0.05, 0) is 43.0 Å². The maximum atomic E-state index is 12.4. The number of esters is 1. The van der Waals surface area contributed by atoms with Gasteiger partial charge in [-0.15, -0.1) is 0 Å². The lowest BCUT2D eigenvalue weighted by molar-refractivity contribution is -0.126. The minimum Gasteiger partial charge on any atom is -0.490 e. The smallest absolute Gasteiger partial charge is 0.338 e. The number of aliphatic hydroxyl groups excluding tert-OH is 1. The second-order valence-electron chi connectivity index (χ2n) is 12.9. The topological polar surface area (TPSA) is 177 Å². The lowest BCUT2D eigenvalue weighted by Gasteiger charge is -2.23. The highest BCUT2D eigenvalue weighted by Gasteiger charge is 2.37. The number of amides is 2. The maximum Gasteiger partial charge on any atom is 0.338 e. The number of aliphatic hydroxyl groups is 1. The Morgan fingerprint density at radius 2 is 1.82 bits per heavy atom. The van der Waals surface area contributed by atoms with Crippen LogP contribution in [0.2, 0.25) is 0 Å². The highest BCUT2D eigenvalue weighted by molar-refractivity contribution is 8.77. The van der Waals surface area contributed by atoms with Gasteiger partial charge in [0.15, 0.2) is 0 Å². The summed E-state index contributed by atoms with van der Waals surface area (Å²) in [6, 6.07) is 15.4. The highest BCUT2D eigenvalue weighted by atomic mass is 33.1. The summed E-state index contributed by atoms with van der Waals surface area (Å²) in [5.41, 5.74) is 5.65. The summed E-state index contributed by atoms with van der Waals surface area (Å²) < 4.78 is 35.1. The van der Waals surface area contributed by atoms with E-state index in [-0.39, 0.29) is 74.2 Å². The first-order valence-electron chi connectivity index (χ1n) is 17.8. The number of hydrogen-bond acceptors (Lipinski definition) is 15. The number of nitrogens with one attached hydrogen (secondary N) is 2. The van der Waals surface area contributed by atoms with E-state index >= 15 is 0 Å². The van der Waals surface area contributed by atoms with Crippen LogP contribution in [0, 0.1) is 11.7 Å². The van der Waals surface area contributed by atoms with Crippen molar-refractivity contribution >= 4 is 68.2 Å². The van der Waals surface area contributed by atoms with Crippen molar-refractivity contribution in [2.75, 3.05) is 65.5 Å². The lowest BCUT2D eigenvalue weighted by Crippen LogP contribution is -2.32.